The van der Waals surface area contributed by atoms with Crippen LogP contribution in [-0.2, 0) is 20.8 Å². The van der Waals surface area contributed by atoms with E-state index in [1.807, 2.05) is 23.1 Å². The number of ether oxygens (including phenoxy) is 1. The zero-order valence-corrected chi connectivity index (χ0v) is 17.5. The molecule has 1 aliphatic carbocycles. The Morgan fingerprint density at radius 2 is 1.84 bits per heavy atom. The topological polar surface area (TPSA) is 79.0 Å². The van der Waals surface area contributed by atoms with E-state index in [4.69, 9.17) is 4.74 Å². The van der Waals surface area contributed by atoms with Crippen LogP contribution in [0.5, 0.6) is 5.75 Å². The lowest BCUT2D eigenvalue weighted by Crippen LogP contribution is -2.30. The molecule has 1 saturated heterocycles. The second-order valence-corrected chi connectivity index (χ2v) is 8.45. The highest BCUT2D eigenvalue weighted by Gasteiger charge is 2.38. The molecule has 2 heterocycles. The van der Waals surface area contributed by atoms with E-state index in [0.29, 0.717) is 24.5 Å². The van der Waals surface area contributed by atoms with Gasteiger partial charge in [0.25, 0.3) is 0 Å². The van der Waals surface area contributed by atoms with E-state index < -0.39 is 5.92 Å². The SMILES string of the molecule is COc1ccc(NC(=O)[C@H]2CC(=O)N(c3ccc4c(c3)CCN4C(=O)C3CC3)C2)cc1. The third-order valence-corrected chi connectivity index (χ3v) is 6.32. The summed E-state index contributed by atoms with van der Waals surface area (Å²) in [7, 11) is 1.59. The van der Waals surface area contributed by atoms with Gasteiger partial charge in [-0.3, -0.25) is 14.4 Å². The average Bonchev–Trinajstić information content (AvgIpc) is 3.44. The van der Waals surface area contributed by atoms with Gasteiger partial charge in [0.2, 0.25) is 17.7 Å². The zero-order valence-electron chi connectivity index (χ0n) is 17.5. The predicted octanol–water partition coefficient (Wildman–Crippen LogP) is 2.99. The molecule has 0 unspecified atom stereocenters. The first-order chi connectivity index (χ1) is 15.0. The van der Waals surface area contributed by atoms with Crippen LogP contribution in [0, 0.1) is 11.8 Å². The smallest absolute Gasteiger partial charge is 0.230 e. The van der Waals surface area contributed by atoms with Crippen molar-refractivity contribution in [2.24, 2.45) is 11.8 Å². The van der Waals surface area contributed by atoms with E-state index in [0.717, 1.165) is 36.2 Å². The van der Waals surface area contributed by atoms with Crippen molar-refractivity contribution in [3.05, 3.63) is 48.0 Å². The maximum Gasteiger partial charge on any atom is 0.230 e. The Bertz CT molecular complexity index is 1050. The molecule has 7 heteroatoms. The molecule has 1 N–H and O–H groups in total. The summed E-state index contributed by atoms with van der Waals surface area (Å²) in [5.74, 6) is 0.502. The second-order valence-electron chi connectivity index (χ2n) is 8.45. The van der Waals surface area contributed by atoms with Gasteiger partial charge in [-0.25, -0.2) is 0 Å². The monoisotopic (exact) mass is 419 g/mol. The number of anilines is 3. The highest BCUT2D eigenvalue weighted by Crippen LogP contribution is 2.38. The van der Waals surface area contributed by atoms with Crippen LogP contribution in [-0.4, -0.2) is 37.9 Å². The molecule has 3 aliphatic rings. The number of rotatable bonds is 5. The van der Waals surface area contributed by atoms with Crippen molar-refractivity contribution in [2.45, 2.75) is 25.7 Å². The Morgan fingerprint density at radius 1 is 1.06 bits per heavy atom. The quantitative estimate of drug-likeness (QED) is 0.808. The molecule has 7 nitrogen and oxygen atoms in total. The summed E-state index contributed by atoms with van der Waals surface area (Å²) in [5.41, 5.74) is 3.52. The van der Waals surface area contributed by atoms with E-state index in [2.05, 4.69) is 5.32 Å². The van der Waals surface area contributed by atoms with E-state index >= 15 is 0 Å². The molecular weight excluding hydrogens is 394 g/mol. The molecular formula is C24H25N3O4. The van der Waals surface area contributed by atoms with E-state index in [1.165, 1.54) is 0 Å². The minimum absolute atomic E-state index is 0.0567. The molecule has 2 fully saturated rings. The number of hydrogen-bond donors (Lipinski definition) is 1. The number of carbonyl (C=O) groups is 3. The van der Waals surface area contributed by atoms with Crippen LogP contribution in [0.1, 0.15) is 24.8 Å². The maximum atomic E-state index is 12.7. The fourth-order valence-electron chi connectivity index (χ4n) is 4.39. The first-order valence-electron chi connectivity index (χ1n) is 10.7. The van der Waals surface area contributed by atoms with Crippen molar-refractivity contribution in [1.29, 1.82) is 0 Å². The average molecular weight is 419 g/mol. The van der Waals surface area contributed by atoms with E-state index in [1.54, 1.807) is 36.3 Å². The van der Waals surface area contributed by atoms with Gasteiger partial charge in [0.15, 0.2) is 0 Å². The predicted molar refractivity (Wildman–Crippen MR) is 117 cm³/mol. The summed E-state index contributed by atoms with van der Waals surface area (Å²) in [6.45, 7) is 1.05. The molecule has 5 rings (SSSR count). The van der Waals surface area contributed by atoms with Crippen LogP contribution in [0.25, 0.3) is 0 Å². The molecule has 31 heavy (non-hydrogen) atoms. The maximum absolute atomic E-state index is 12.7. The molecule has 0 bridgehead atoms. The Labute approximate surface area is 181 Å². The number of benzene rings is 2. The van der Waals surface area contributed by atoms with Crippen LogP contribution in [0.2, 0.25) is 0 Å². The Hall–Kier alpha value is -3.35. The van der Waals surface area contributed by atoms with Gasteiger partial charge >= 0.3 is 0 Å². The van der Waals surface area contributed by atoms with Crippen LogP contribution >= 0.6 is 0 Å². The van der Waals surface area contributed by atoms with Gasteiger partial charge in [0.05, 0.1) is 13.0 Å². The van der Waals surface area contributed by atoms with E-state index in [9.17, 15) is 14.4 Å². The highest BCUT2D eigenvalue weighted by molar-refractivity contribution is 6.04. The molecule has 160 valence electrons. The summed E-state index contributed by atoms with van der Waals surface area (Å²) in [4.78, 5) is 41.4. The van der Waals surface area contributed by atoms with E-state index in [-0.39, 0.29) is 30.1 Å². The van der Waals surface area contributed by atoms with Gasteiger partial charge < -0.3 is 19.9 Å². The van der Waals surface area contributed by atoms with Crippen molar-refractivity contribution in [3.8, 4) is 5.75 Å². The number of methoxy groups -OCH3 is 1. The van der Waals surface area contributed by atoms with Crippen LogP contribution in [0.3, 0.4) is 0 Å². The summed E-state index contributed by atoms with van der Waals surface area (Å²) in [6, 6.07) is 12.9. The molecule has 0 radical (unpaired) electrons. The summed E-state index contributed by atoms with van der Waals surface area (Å²) >= 11 is 0. The third-order valence-electron chi connectivity index (χ3n) is 6.32. The molecule has 2 aromatic rings. The third kappa shape index (κ3) is 3.76. The normalized spacial score (nSPS) is 20.0. The molecule has 0 aromatic heterocycles. The van der Waals surface area contributed by atoms with Crippen molar-refractivity contribution in [3.63, 3.8) is 0 Å². The molecule has 2 aromatic carbocycles. The van der Waals surface area contributed by atoms with Crippen molar-refractivity contribution in [1.82, 2.24) is 0 Å². The summed E-state index contributed by atoms with van der Waals surface area (Å²) < 4.78 is 5.13. The van der Waals surface area contributed by atoms with Gasteiger partial charge in [-0.1, -0.05) is 0 Å². The number of carbonyl (C=O) groups excluding carboxylic acids is 3. The van der Waals surface area contributed by atoms with Crippen molar-refractivity contribution >= 4 is 34.8 Å². The second kappa shape index (κ2) is 7.72. The molecule has 2 aliphatic heterocycles. The van der Waals surface area contributed by atoms with Crippen molar-refractivity contribution in [2.75, 3.05) is 35.3 Å². The fraction of sp³-hybridized carbons (Fsp3) is 0.375. The van der Waals surface area contributed by atoms with Gasteiger partial charge in [0.1, 0.15) is 5.75 Å². The lowest BCUT2D eigenvalue weighted by molar-refractivity contribution is -0.122. The van der Waals surface area contributed by atoms with Gasteiger partial charge in [-0.15, -0.1) is 0 Å². The van der Waals surface area contributed by atoms with Crippen molar-refractivity contribution < 1.29 is 19.1 Å². The number of amides is 3. The highest BCUT2D eigenvalue weighted by atomic mass is 16.5. The minimum Gasteiger partial charge on any atom is -0.497 e. The van der Waals surface area contributed by atoms with Gasteiger partial charge in [-0.2, -0.15) is 0 Å². The van der Waals surface area contributed by atoms with Crippen LogP contribution in [0.15, 0.2) is 42.5 Å². The van der Waals surface area contributed by atoms with Crippen LogP contribution in [0.4, 0.5) is 17.1 Å². The molecule has 3 amide bonds. The fourth-order valence-corrected chi connectivity index (χ4v) is 4.39. The van der Waals surface area contributed by atoms with Gasteiger partial charge in [-0.05, 0) is 67.3 Å². The number of fused-ring (bicyclic) bond motifs is 1. The Morgan fingerprint density at radius 3 is 2.55 bits per heavy atom. The lowest BCUT2D eigenvalue weighted by Gasteiger charge is -2.20. The minimum atomic E-state index is -0.407. The van der Waals surface area contributed by atoms with Gasteiger partial charge in [0, 0.05) is 42.5 Å². The standard InChI is InChI=1S/C24H25N3O4/c1-31-20-7-4-18(5-8-20)25-23(29)17-13-22(28)27(14-17)19-6-9-21-16(12-19)10-11-26(21)24(30)15-2-3-15/h4-9,12,15,17H,2-3,10-11,13-14H2,1H3,(H,25,29)/t17-/m0/s1. The molecule has 1 saturated carbocycles. The largest absolute Gasteiger partial charge is 0.497 e. The zero-order chi connectivity index (χ0) is 21.5. The summed E-state index contributed by atoms with van der Waals surface area (Å²) in [6.07, 6.45) is 2.96. The number of nitrogens with zero attached hydrogens (tertiary/aromatic N) is 2. The summed E-state index contributed by atoms with van der Waals surface area (Å²) in [5, 5.41) is 2.89. The number of nitrogens with one attached hydrogen (secondary N) is 1. The Balaban J connectivity index is 1.26. The van der Waals surface area contributed by atoms with Crippen LogP contribution < -0.4 is 19.9 Å². The first-order valence-corrected chi connectivity index (χ1v) is 10.7. The molecule has 0 spiro atoms. The lowest BCUT2D eigenvalue weighted by atomic mass is 10.1. The number of hydrogen-bond acceptors (Lipinski definition) is 4. The molecule has 1 atom stereocenters. The Kier molecular flexibility index (Phi) is 4.88. The first kappa shape index (κ1) is 19.6.